The zero-order chi connectivity index (χ0) is 35.7. The number of nitrogens with one attached hydrogen (secondary N) is 2. The first-order valence-corrected chi connectivity index (χ1v) is 19.0. The van der Waals surface area contributed by atoms with Crippen LogP contribution in [0, 0.1) is 11.3 Å². The number of unbranched alkanes of at least 4 members (excludes halogenated alkanes) is 4. The highest BCUT2D eigenvalue weighted by Gasteiger charge is 2.33. The van der Waals surface area contributed by atoms with Crippen molar-refractivity contribution in [1.82, 2.24) is 15.2 Å². The third-order valence-electron chi connectivity index (χ3n) is 8.83. The van der Waals surface area contributed by atoms with E-state index in [1.54, 1.807) is 19.2 Å². The summed E-state index contributed by atoms with van der Waals surface area (Å²) in [7, 11) is 0. The van der Waals surface area contributed by atoms with Gasteiger partial charge in [-0.25, -0.2) is 4.98 Å². The SMILES string of the molecule is CCCCCCN(C(=O)CCCC)C(CC(OCC)c1nc(C(=O)NC(Cc2ccc(NCC)cc2)CC(C)(C)C(=O)O)cs1)C(C)C. The highest BCUT2D eigenvalue weighted by molar-refractivity contribution is 7.09. The molecule has 1 heterocycles. The molecular formula is C38H62N4O5S. The van der Waals surface area contributed by atoms with Crippen molar-refractivity contribution in [3.8, 4) is 0 Å². The van der Waals surface area contributed by atoms with Crippen LogP contribution in [0.25, 0.3) is 0 Å². The van der Waals surface area contributed by atoms with Crippen molar-refractivity contribution in [2.75, 3.05) is 25.0 Å². The van der Waals surface area contributed by atoms with E-state index in [1.807, 2.05) is 38.1 Å². The van der Waals surface area contributed by atoms with Crippen molar-refractivity contribution in [2.45, 2.75) is 138 Å². The Morgan fingerprint density at radius 3 is 2.27 bits per heavy atom. The van der Waals surface area contributed by atoms with Crippen LogP contribution in [0.1, 0.15) is 140 Å². The average molecular weight is 687 g/mol. The molecule has 3 N–H and O–H groups in total. The molecule has 0 saturated heterocycles. The molecule has 0 radical (unpaired) electrons. The van der Waals surface area contributed by atoms with Crippen LogP contribution in [0.15, 0.2) is 29.6 Å². The van der Waals surface area contributed by atoms with Gasteiger partial charge in [0.15, 0.2) is 0 Å². The van der Waals surface area contributed by atoms with Gasteiger partial charge in [-0.05, 0) is 77.0 Å². The summed E-state index contributed by atoms with van der Waals surface area (Å²) in [6, 6.07) is 7.56. The van der Waals surface area contributed by atoms with Crippen molar-refractivity contribution in [3.05, 3.63) is 45.9 Å². The molecular weight excluding hydrogens is 625 g/mol. The third kappa shape index (κ3) is 13.5. The van der Waals surface area contributed by atoms with E-state index in [2.05, 4.69) is 43.2 Å². The molecule has 3 unspecified atom stereocenters. The van der Waals surface area contributed by atoms with E-state index in [4.69, 9.17) is 9.72 Å². The van der Waals surface area contributed by atoms with Gasteiger partial charge in [0.1, 0.15) is 16.8 Å². The minimum atomic E-state index is -1.03. The van der Waals surface area contributed by atoms with Crippen LogP contribution < -0.4 is 10.6 Å². The molecule has 2 aromatic rings. The summed E-state index contributed by atoms with van der Waals surface area (Å²) in [6.45, 7) is 18.0. The Hall–Kier alpha value is -2.98. The number of carboxylic acid groups (broad SMARTS) is 1. The Labute approximate surface area is 293 Å². The van der Waals surface area contributed by atoms with Gasteiger partial charge in [-0.2, -0.15) is 0 Å². The fourth-order valence-electron chi connectivity index (χ4n) is 6.00. The number of aromatic nitrogens is 1. The fraction of sp³-hybridized carbons (Fsp3) is 0.684. The molecule has 0 saturated carbocycles. The predicted molar refractivity (Wildman–Crippen MR) is 197 cm³/mol. The normalized spacial score (nSPS) is 13.6. The second-order valence-electron chi connectivity index (χ2n) is 13.8. The number of carbonyl (C=O) groups excluding carboxylic acids is 2. The molecule has 1 aromatic heterocycles. The topological polar surface area (TPSA) is 121 Å². The van der Waals surface area contributed by atoms with Gasteiger partial charge in [0.25, 0.3) is 5.91 Å². The number of anilines is 1. The Morgan fingerprint density at radius 1 is 1.00 bits per heavy atom. The lowest BCUT2D eigenvalue weighted by Crippen LogP contribution is -2.45. The van der Waals surface area contributed by atoms with Gasteiger partial charge in [0, 0.05) is 55.7 Å². The molecule has 9 nitrogen and oxygen atoms in total. The number of nitrogens with zero attached hydrogens (tertiary/aromatic N) is 2. The molecule has 3 atom stereocenters. The summed E-state index contributed by atoms with van der Waals surface area (Å²) >= 11 is 1.39. The van der Waals surface area contributed by atoms with E-state index >= 15 is 0 Å². The maximum Gasteiger partial charge on any atom is 0.309 e. The van der Waals surface area contributed by atoms with Crippen LogP contribution in [-0.2, 0) is 20.7 Å². The maximum absolute atomic E-state index is 13.6. The molecule has 270 valence electrons. The second kappa shape index (κ2) is 21.2. The van der Waals surface area contributed by atoms with Gasteiger partial charge in [-0.15, -0.1) is 11.3 Å². The molecule has 0 fully saturated rings. The molecule has 0 aliphatic carbocycles. The Bertz CT molecular complexity index is 1250. The molecule has 1 aromatic carbocycles. The minimum Gasteiger partial charge on any atom is -0.481 e. The first kappa shape index (κ1) is 41.2. The monoisotopic (exact) mass is 686 g/mol. The fourth-order valence-corrected chi connectivity index (χ4v) is 6.86. The highest BCUT2D eigenvalue weighted by atomic mass is 32.1. The summed E-state index contributed by atoms with van der Waals surface area (Å²) in [5.41, 5.74) is 1.27. The zero-order valence-corrected chi connectivity index (χ0v) is 31.6. The third-order valence-corrected chi connectivity index (χ3v) is 9.77. The van der Waals surface area contributed by atoms with Gasteiger partial charge in [-0.1, -0.05) is 65.5 Å². The standard InChI is InChI=1S/C38H62N4O5S/c1-9-13-15-16-22-42(34(43)17-14-10-2)32(27(5)6)24-33(47-12-4)36-41-31(26-48-36)35(44)40-30(25-38(7,8)37(45)46)23-28-18-20-29(21-19-28)39-11-3/h18-21,26-27,30,32-33,39H,9-17,22-25H2,1-8H3,(H,40,44)(H,45,46). The second-order valence-corrected chi connectivity index (χ2v) is 14.7. The maximum atomic E-state index is 13.6. The van der Waals surface area contributed by atoms with Crippen LogP contribution in [-0.4, -0.2) is 64.6 Å². The van der Waals surface area contributed by atoms with Crippen LogP contribution in [0.3, 0.4) is 0 Å². The number of aliphatic carboxylic acids is 1. The predicted octanol–water partition coefficient (Wildman–Crippen LogP) is 8.51. The van der Waals surface area contributed by atoms with Gasteiger partial charge in [-0.3, -0.25) is 14.4 Å². The summed E-state index contributed by atoms with van der Waals surface area (Å²) in [5.74, 6) is -0.825. The molecule has 10 heteroatoms. The van der Waals surface area contributed by atoms with Gasteiger partial charge in [0.2, 0.25) is 5.91 Å². The van der Waals surface area contributed by atoms with Gasteiger partial charge < -0.3 is 25.4 Å². The summed E-state index contributed by atoms with van der Waals surface area (Å²) < 4.78 is 6.24. The number of benzene rings is 1. The van der Waals surface area contributed by atoms with Crippen LogP contribution in [0.2, 0.25) is 0 Å². The Kier molecular flexibility index (Phi) is 18.2. The number of carbonyl (C=O) groups is 3. The van der Waals surface area contributed by atoms with Crippen molar-refractivity contribution in [1.29, 1.82) is 0 Å². The minimum absolute atomic E-state index is 0.0183. The lowest BCUT2D eigenvalue weighted by atomic mass is 9.84. The van der Waals surface area contributed by atoms with Crippen molar-refractivity contribution in [2.24, 2.45) is 11.3 Å². The Balaban J connectivity index is 2.29. The highest BCUT2D eigenvalue weighted by Crippen LogP contribution is 2.32. The number of rotatable bonds is 24. The van der Waals surface area contributed by atoms with E-state index in [-0.39, 0.29) is 42.0 Å². The number of carboxylic acids is 1. The number of ether oxygens (including phenoxy) is 1. The first-order valence-electron chi connectivity index (χ1n) is 18.1. The van der Waals surface area contributed by atoms with Crippen LogP contribution >= 0.6 is 11.3 Å². The van der Waals surface area contributed by atoms with E-state index in [0.717, 1.165) is 62.9 Å². The molecule has 0 bridgehead atoms. The van der Waals surface area contributed by atoms with Crippen LogP contribution in [0.4, 0.5) is 5.69 Å². The van der Waals surface area contributed by atoms with E-state index in [0.29, 0.717) is 30.9 Å². The largest absolute Gasteiger partial charge is 0.481 e. The summed E-state index contributed by atoms with van der Waals surface area (Å²) in [5, 5.41) is 18.7. The van der Waals surface area contributed by atoms with Crippen molar-refractivity contribution >= 4 is 34.8 Å². The zero-order valence-electron chi connectivity index (χ0n) is 30.8. The molecule has 0 spiro atoms. The number of hydrogen-bond donors (Lipinski definition) is 3. The quantitative estimate of drug-likeness (QED) is 0.0947. The first-order chi connectivity index (χ1) is 22.9. The molecule has 0 aliphatic heterocycles. The number of thiazole rings is 1. The van der Waals surface area contributed by atoms with E-state index in [9.17, 15) is 19.5 Å². The van der Waals surface area contributed by atoms with E-state index < -0.39 is 17.4 Å². The Morgan fingerprint density at radius 2 is 1.69 bits per heavy atom. The lowest BCUT2D eigenvalue weighted by molar-refractivity contribution is -0.147. The van der Waals surface area contributed by atoms with Gasteiger partial charge >= 0.3 is 5.97 Å². The van der Waals surface area contributed by atoms with Crippen molar-refractivity contribution in [3.63, 3.8) is 0 Å². The molecule has 2 rings (SSSR count). The molecule has 0 aliphatic rings. The van der Waals surface area contributed by atoms with Crippen molar-refractivity contribution < 1.29 is 24.2 Å². The lowest BCUT2D eigenvalue weighted by Gasteiger charge is -2.36. The number of amides is 2. The average Bonchev–Trinajstić information content (AvgIpc) is 3.53. The summed E-state index contributed by atoms with van der Waals surface area (Å²) in [4.78, 5) is 46.0. The summed E-state index contributed by atoms with van der Waals surface area (Å²) in [6.07, 6.45) is 7.78. The number of hydrogen-bond acceptors (Lipinski definition) is 7. The van der Waals surface area contributed by atoms with Gasteiger partial charge in [0.05, 0.1) is 5.41 Å². The smallest absolute Gasteiger partial charge is 0.309 e. The molecule has 2 amide bonds. The van der Waals surface area contributed by atoms with Crippen LogP contribution in [0.5, 0.6) is 0 Å². The molecule has 48 heavy (non-hydrogen) atoms. The van der Waals surface area contributed by atoms with E-state index in [1.165, 1.54) is 11.3 Å².